The first-order valence-corrected chi connectivity index (χ1v) is 10.7. The standard InChI is InChI=1S/C22H18BrNO3S/c23-17-8-5-15(6-9-17)11-12-27-20-10-7-16(18-3-1-2-4-19(18)20)13-24-21(25)14-28-22(24)26/h1-10H,11-14H2. The Morgan fingerprint density at radius 1 is 0.964 bits per heavy atom. The van der Waals surface area contributed by atoms with Crippen LogP contribution < -0.4 is 4.74 Å². The van der Waals surface area contributed by atoms with Crippen molar-refractivity contribution < 1.29 is 14.3 Å². The van der Waals surface area contributed by atoms with Crippen LogP contribution >= 0.6 is 27.7 Å². The first-order valence-electron chi connectivity index (χ1n) is 8.97. The number of thioether (sulfide) groups is 1. The fraction of sp³-hybridized carbons (Fsp3) is 0.182. The quantitative estimate of drug-likeness (QED) is 0.497. The van der Waals surface area contributed by atoms with Gasteiger partial charge in [0.2, 0.25) is 5.91 Å². The second-order valence-electron chi connectivity index (χ2n) is 6.53. The van der Waals surface area contributed by atoms with Crippen molar-refractivity contribution in [3.8, 4) is 5.75 Å². The average Bonchev–Trinajstić information content (AvgIpc) is 3.03. The highest BCUT2D eigenvalue weighted by Gasteiger charge is 2.30. The Balaban J connectivity index is 1.53. The maximum absolute atomic E-state index is 11.9. The number of hydrogen-bond donors (Lipinski definition) is 0. The molecule has 1 aliphatic heterocycles. The molecule has 0 N–H and O–H groups in total. The summed E-state index contributed by atoms with van der Waals surface area (Å²) in [6.45, 7) is 0.870. The smallest absolute Gasteiger partial charge is 0.289 e. The maximum atomic E-state index is 11.9. The zero-order valence-corrected chi connectivity index (χ0v) is 17.5. The van der Waals surface area contributed by atoms with Gasteiger partial charge in [-0.25, -0.2) is 0 Å². The van der Waals surface area contributed by atoms with E-state index in [0.29, 0.717) is 13.2 Å². The fourth-order valence-corrected chi connectivity index (χ4v) is 4.22. The average molecular weight is 456 g/mol. The van der Waals surface area contributed by atoms with E-state index in [0.717, 1.165) is 44.7 Å². The first kappa shape index (κ1) is 19.0. The van der Waals surface area contributed by atoms with Gasteiger partial charge in [-0.3, -0.25) is 14.5 Å². The molecule has 1 aliphatic rings. The molecule has 0 saturated carbocycles. The van der Waals surface area contributed by atoms with Crippen LogP contribution in [0.2, 0.25) is 0 Å². The van der Waals surface area contributed by atoms with Crippen molar-refractivity contribution in [2.75, 3.05) is 12.4 Å². The van der Waals surface area contributed by atoms with Crippen molar-refractivity contribution in [1.82, 2.24) is 4.90 Å². The molecule has 1 fully saturated rings. The van der Waals surface area contributed by atoms with Crippen molar-refractivity contribution in [1.29, 1.82) is 0 Å². The highest BCUT2D eigenvalue weighted by atomic mass is 79.9. The molecule has 3 aromatic carbocycles. The summed E-state index contributed by atoms with van der Waals surface area (Å²) in [5, 5.41) is 1.81. The number of ether oxygens (including phenoxy) is 1. The van der Waals surface area contributed by atoms with Gasteiger partial charge in [0.05, 0.1) is 18.9 Å². The van der Waals surface area contributed by atoms with Gasteiger partial charge >= 0.3 is 0 Å². The molecule has 1 saturated heterocycles. The minimum atomic E-state index is -0.177. The van der Waals surface area contributed by atoms with Crippen LogP contribution in [0.15, 0.2) is 65.1 Å². The van der Waals surface area contributed by atoms with Gasteiger partial charge < -0.3 is 4.74 Å². The Bertz CT molecular complexity index is 1020. The molecule has 4 nitrogen and oxygen atoms in total. The molecule has 142 valence electrons. The highest BCUT2D eigenvalue weighted by molar-refractivity contribution is 9.10. The van der Waals surface area contributed by atoms with E-state index in [1.807, 2.05) is 48.5 Å². The Morgan fingerprint density at radius 2 is 1.71 bits per heavy atom. The van der Waals surface area contributed by atoms with Crippen molar-refractivity contribution >= 4 is 49.6 Å². The van der Waals surface area contributed by atoms with Gasteiger partial charge in [-0.1, -0.05) is 70.2 Å². The number of rotatable bonds is 6. The van der Waals surface area contributed by atoms with Crippen LogP contribution in [0.5, 0.6) is 5.75 Å². The second-order valence-corrected chi connectivity index (χ2v) is 8.37. The zero-order chi connectivity index (χ0) is 19.5. The lowest BCUT2D eigenvalue weighted by Gasteiger charge is -2.16. The van der Waals surface area contributed by atoms with Crippen LogP contribution in [0.3, 0.4) is 0 Å². The van der Waals surface area contributed by atoms with E-state index in [2.05, 4.69) is 28.1 Å². The van der Waals surface area contributed by atoms with Crippen molar-refractivity contribution in [3.63, 3.8) is 0 Å². The molecule has 0 bridgehead atoms. The Labute approximate surface area is 176 Å². The normalized spacial score (nSPS) is 14.1. The molecular weight excluding hydrogens is 438 g/mol. The highest BCUT2D eigenvalue weighted by Crippen LogP contribution is 2.31. The third kappa shape index (κ3) is 4.08. The molecule has 0 aliphatic carbocycles. The molecule has 1 heterocycles. The SMILES string of the molecule is O=C1CSC(=O)N1Cc1ccc(OCCc2ccc(Br)cc2)c2ccccc12. The van der Waals surface area contributed by atoms with E-state index in [1.165, 1.54) is 10.5 Å². The number of carbonyl (C=O) groups excluding carboxylic acids is 2. The molecule has 0 spiro atoms. The number of fused-ring (bicyclic) bond motifs is 1. The maximum Gasteiger partial charge on any atom is 0.289 e. The lowest BCUT2D eigenvalue weighted by atomic mass is 10.0. The minimum absolute atomic E-state index is 0.131. The van der Waals surface area contributed by atoms with Crippen LogP contribution in [0.25, 0.3) is 10.8 Å². The predicted octanol–water partition coefficient (Wildman–Crippen LogP) is 5.42. The minimum Gasteiger partial charge on any atom is -0.493 e. The van der Waals surface area contributed by atoms with E-state index in [-0.39, 0.29) is 16.9 Å². The molecule has 0 radical (unpaired) electrons. The van der Waals surface area contributed by atoms with Gasteiger partial charge in [-0.05, 0) is 34.7 Å². The number of halogens is 1. The number of hydrogen-bond acceptors (Lipinski definition) is 4. The van der Waals surface area contributed by atoms with Gasteiger partial charge in [0.15, 0.2) is 0 Å². The number of carbonyl (C=O) groups is 2. The van der Waals surface area contributed by atoms with Crippen LogP contribution in [0, 0.1) is 0 Å². The molecule has 0 atom stereocenters. The third-order valence-corrected chi connectivity index (χ3v) is 6.09. The molecule has 28 heavy (non-hydrogen) atoms. The summed E-state index contributed by atoms with van der Waals surface area (Å²) in [6, 6.07) is 20.0. The van der Waals surface area contributed by atoms with E-state index in [9.17, 15) is 9.59 Å². The first-order chi connectivity index (χ1) is 13.6. The van der Waals surface area contributed by atoms with Crippen LogP contribution in [0.4, 0.5) is 4.79 Å². The Morgan fingerprint density at radius 3 is 2.43 bits per heavy atom. The van der Waals surface area contributed by atoms with Crippen LogP contribution in [0.1, 0.15) is 11.1 Å². The number of imide groups is 1. The third-order valence-electron chi connectivity index (χ3n) is 4.70. The van der Waals surface area contributed by atoms with E-state index in [4.69, 9.17) is 4.74 Å². The van der Waals surface area contributed by atoms with Crippen LogP contribution in [-0.2, 0) is 17.8 Å². The molecule has 6 heteroatoms. The number of benzene rings is 3. The van der Waals surface area contributed by atoms with Gasteiger partial charge in [0.1, 0.15) is 5.75 Å². The van der Waals surface area contributed by atoms with Gasteiger partial charge in [0, 0.05) is 16.3 Å². The lowest BCUT2D eigenvalue weighted by Crippen LogP contribution is -2.28. The summed E-state index contributed by atoms with van der Waals surface area (Å²) < 4.78 is 7.12. The topological polar surface area (TPSA) is 46.6 Å². The van der Waals surface area contributed by atoms with E-state index in [1.54, 1.807) is 0 Å². The molecule has 0 unspecified atom stereocenters. The summed E-state index contributed by atoms with van der Waals surface area (Å²) in [6.07, 6.45) is 0.817. The summed E-state index contributed by atoms with van der Waals surface area (Å²) in [5.41, 5.74) is 2.16. The molecule has 3 aromatic rings. The van der Waals surface area contributed by atoms with Gasteiger partial charge in [-0.15, -0.1) is 0 Å². The zero-order valence-electron chi connectivity index (χ0n) is 15.1. The largest absolute Gasteiger partial charge is 0.493 e. The van der Waals surface area contributed by atoms with Gasteiger partial charge in [-0.2, -0.15) is 0 Å². The van der Waals surface area contributed by atoms with Crippen molar-refractivity contribution in [2.45, 2.75) is 13.0 Å². The molecular formula is C22H18BrNO3S. The number of amides is 2. The molecule has 4 rings (SSSR count). The van der Waals surface area contributed by atoms with E-state index >= 15 is 0 Å². The second kappa shape index (κ2) is 8.37. The summed E-state index contributed by atoms with van der Waals surface area (Å²) in [5.74, 6) is 0.910. The van der Waals surface area contributed by atoms with Crippen molar-refractivity contribution in [2.24, 2.45) is 0 Å². The number of nitrogens with zero attached hydrogens (tertiary/aromatic N) is 1. The van der Waals surface area contributed by atoms with Gasteiger partial charge in [0.25, 0.3) is 5.24 Å². The van der Waals surface area contributed by atoms with E-state index < -0.39 is 0 Å². The lowest BCUT2D eigenvalue weighted by molar-refractivity contribution is -0.124. The summed E-state index contributed by atoms with van der Waals surface area (Å²) in [4.78, 5) is 25.2. The Hall–Kier alpha value is -2.31. The monoisotopic (exact) mass is 455 g/mol. The predicted molar refractivity (Wildman–Crippen MR) is 116 cm³/mol. The van der Waals surface area contributed by atoms with Crippen LogP contribution in [-0.4, -0.2) is 28.4 Å². The molecule has 2 amide bonds. The Kier molecular flexibility index (Phi) is 5.69. The molecule has 0 aromatic heterocycles. The summed E-state index contributed by atoms with van der Waals surface area (Å²) in [7, 11) is 0. The fourth-order valence-electron chi connectivity index (χ4n) is 3.23. The van der Waals surface area contributed by atoms with Crippen molar-refractivity contribution in [3.05, 3.63) is 76.3 Å². The summed E-state index contributed by atoms with van der Waals surface area (Å²) >= 11 is 4.51.